The van der Waals surface area contributed by atoms with Crippen LogP contribution in [0.3, 0.4) is 0 Å². The van der Waals surface area contributed by atoms with Gasteiger partial charge in [0.05, 0.1) is 0 Å². The Balaban J connectivity index is 1.63. The minimum absolute atomic E-state index is 0.380. The summed E-state index contributed by atoms with van der Waals surface area (Å²) in [6.07, 6.45) is 8.48. The molecule has 2 saturated carbocycles. The average molecular weight is 376 g/mol. The fraction of sp³-hybridized carbons (Fsp3) is 0.619. The van der Waals surface area contributed by atoms with Crippen molar-refractivity contribution in [2.75, 3.05) is 0 Å². The Labute approximate surface area is 160 Å². The van der Waals surface area contributed by atoms with Crippen LogP contribution in [0.4, 0.5) is 0 Å². The van der Waals surface area contributed by atoms with E-state index >= 15 is 0 Å². The number of hydrogen-bond donors (Lipinski definition) is 1. The van der Waals surface area contributed by atoms with E-state index in [2.05, 4.69) is 41.9 Å². The summed E-state index contributed by atoms with van der Waals surface area (Å²) in [4.78, 5) is 4.11. The number of hydrogen-bond acceptors (Lipinski definition) is 5. The van der Waals surface area contributed by atoms with Crippen LogP contribution in [0.25, 0.3) is 0 Å². The molecule has 4 nitrogen and oxygen atoms in total. The van der Waals surface area contributed by atoms with Crippen LogP contribution in [-0.2, 0) is 22.2 Å². The minimum Gasteiger partial charge on any atom is -0.398 e. The Morgan fingerprint density at radius 1 is 1.27 bits per heavy atom. The Morgan fingerprint density at radius 3 is 2.88 bits per heavy atom. The Bertz CT molecular complexity index is 707. The van der Waals surface area contributed by atoms with Crippen molar-refractivity contribution in [3.63, 3.8) is 0 Å². The highest BCUT2D eigenvalue weighted by Gasteiger charge is 2.51. The summed E-state index contributed by atoms with van der Waals surface area (Å²) in [5, 5.41) is 0. The molecule has 0 unspecified atom stereocenters. The lowest BCUT2D eigenvalue weighted by Crippen LogP contribution is -2.40. The maximum Gasteiger partial charge on any atom is 0.260 e. The summed E-state index contributed by atoms with van der Waals surface area (Å²) in [6, 6.07) is 4.59. The number of nitrogens with two attached hydrogens (primary N) is 1. The van der Waals surface area contributed by atoms with Crippen molar-refractivity contribution in [1.82, 2.24) is 0 Å². The lowest BCUT2D eigenvalue weighted by atomic mass is 9.55. The summed E-state index contributed by atoms with van der Waals surface area (Å²) >= 11 is 0.765. The highest BCUT2D eigenvalue weighted by Crippen LogP contribution is 2.62. The molecule has 142 valence electrons. The summed E-state index contributed by atoms with van der Waals surface area (Å²) < 4.78 is 10.2. The minimum atomic E-state index is 0.380. The van der Waals surface area contributed by atoms with E-state index in [1.54, 1.807) is 5.56 Å². The molecule has 2 fully saturated rings. The molecule has 0 spiro atoms. The summed E-state index contributed by atoms with van der Waals surface area (Å²) in [5.41, 5.74) is 6.11. The molecular weight excluding hydrogens is 346 g/mol. The van der Waals surface area contributed by atoms with Crippen molar-refractivity contribution in [3.05, 3.63) is 41.0 Å². The molecule has 2 N–H and O–H groups in total. The number of fused-ring (bicyclic) bond motifs is 5. The summed E-state index contributed by atoms with van der Waals surface area (Å²) in [5.74, 6) is 8.06. The van der Waals surface area contributed by atoms with Gasteiger partial charge in [0.15, 0.2) is 0 Å². The van der Waals surface area contributed by atoms with E-state index in [9.17, 15) is 0 Å². The van der Waals surface area contributed by atoms with Gasteiger partial charge in [0.25, 0.3) is 12.3 Å². The topological polar surface area (TPSA) is 53.7 Å². The average Bonchev–Trinajstić information content (AvgIpc) is 2.96. The Hall–Kier alpha value is -1.01. The van der Waals surface area contributed by atoms with Crippen molar-refractivity contribution in [3.8, 4) is 5.75 Å². The molecule has 0 aromatic heterocycles. The van der Waals surface area contributed by atoms with Crippen LogP contribution >= 0.6 is 12.3 Å². The van der Waals surface area contributed by atoms with E-state index in [-0.39, 0.29) is 0 Å². The maximum absolute atomic E-state index is 5.65. The molecule has 3 aliphatic carbocycles. The number of aryl methyl sites for hydroxylation is 2. The van der Waals surface area contributed by atoms with Crippen molar-refractivity contribution in [2.45, 2.75) is 64.7 Å². The molecule has 0 radical (unpaired) electrons. The van der Waals surface area contributed by atoms with Gasteiger partial charge in [-0.2, -0.15) is 5.90 Å². The third-order valence-corrected chi connectivity index (χ3v) is 7.81. The van der Waals surface area contributed by atoms with Gasteiger partial charge >= 0.3 is 0 Å². The fourth-order valence-corrected chi connectivity index (χ4v) is 6.26. The highest BCUT2D eigenvalue weighted by molar-refractivity contribution is 7.90. The second kappa shape index (κ2) is 7.19. The van der Waals surface area contributed by atoms with Gasteiger partial charge in [0, 0.05) is 0 Å². The molecule has 4 atom stereocenters. The van der Waals surface area contributed by atoms with Crippen LogP contribution in [0.5, 0.6) is 5.75 Å². The zero-order chi connectivity index (χ0) is 18.3. The van der Waals surface area contributed by atoms with Crippen molar-refractivity contribution < 1.29 is 13.5 Å². The fourth-order valence-electron chi connectivity index (χ4n) is 5.97. The van der Waals surface area contributed by atoms with Crippen molar-refractivity contribution in [2.24, 2.45) is 23.1 Å². The molecule has 4 rings (SSSR count). The van der Waals surface area contributed by atoms with Crippen LogP contribution in [0.1, 0.15) is 68.6 Å². The molecule has 26 heavy (non-hydrogen) atoms. The third-order valence-electron chi connectivity index (χ3n) is 7.43. The van der Waals surface area contributed by atoms with Crippen LogP contribution in [0.2, 0.25) is 0 Å². The van der Waals surface area contributed by atoms with E-state index in [4.69, 9.17) is 10.1 Å². The van der Waals surface area contributed by atoms with E-state index < -0.39 is 0 Å². The molecule has 0 saturated heterocycles. The molecular formula is C21H29NO3S. The molecule has 5 heteroatoms. The van der Waals surface area contributed by atoms with Crippen molar-refractivity contribution >= 4 is 12.3 Å². The highest BCUT2D eigenvalue weighted by atomic mass is 32.2. The zero-order valence-corrected chi connectivity index (χ0v) is 16.6. The second-order valence-electron chi connectivity index (χ2n) is 8.34. The molecule has 0 heterocycles. The Kier molecular flexibility index (Phi) is 5.08. The first-order valence-corrected chi connectivity index (χ1v) is 10.5. The van der Waals surface area contributed by atoms with Gasteiger partial charge < -0.3 is 4.18 Å². The van der Waals surface area contributed by atoms with Gasteiger partial charge in [0.2, 0.25) is 0 Å². The third kappa shape index (κ3) is 2.89. The molecule has 1 aromatic rings. The molecule has 3 aliphatic rings. The first-order chi connectivity index (χ1) is 12.6. The Morgan fingerprint density at radius 2 is 2.12 bits per heavy atom. The first kappa shape index (κ1) is 18.4. The molecule has 1 aromatic carbocycles. The normalized spacial score (nSPS) is 32.7. The quantitative estimate of drug-likeness (QED) is 0.245. The van der Waals surface area contributed by atoms with Gasteiger partial charge in [-0.3, -0.25) is 0 Å². The lowest BCUT2D eigenvalue weighted by molar-refractivity contribution is -0.199. The van der Waals surface area contributed by atoms with Crippen LogP contribution in [0.15, 0.2) is 24.3 Å². The smallest absolute Gasteiger partial charge is 0.260 e. The standard InChI is InChI=1S/C21H29NO3S/c1-4-14-11-18-15(12-20(14)23-26-25-24-22)6-7-17-16(18)9-10-21(3)13(2)5-8-19(17)21/h11-12,16-17,19H,2,4-10,22H2,1,3H3/t16-,17+,19-,21+/m0/s1. The van der Waals surface area contributed by atoms with Gasteiger partial charge in [-0.05, 0) is 90.9 Å². The largest absolute Gasteiger partial charge is 0.398 e. The maximum atomic E-state index is 5.65. The predicted octanol–water partition coefficient (Wildman–Crippen LogP) is 5.43. The van der Waals surface area contributed by atoms with Gasteiger partial charge in [0.1, 0.15) is 5.75 Å². The van der Waals surface area contributed by atoms with Crippen LogP contribution < -0.4 is 10.1 Å². The monoisotopic (exact) mass is 375 g/mol. The lowest BCUT2D eigenvalue weighted by Gasteiger charge is -2.49. The van der Waals surface area contributed by atoms with E-state index in [0.29, 0.717) is 11.3 Å². The zero-order valence-electron chi connectivity index (χ0n) is 15.8. The predicted molar refractivity (Wildman–Crippen MR) is 104 cm³/mol. The molecule has 0 aliphatic heterocycles. The van der Waals surface area contributed by atoms with Crippen molar-refractivity contribution in [1.29, 1.82) is 0 Å². The van der Waals surface area contributed by atoms with E-state index in [1.165, 1.54) is 48.8 Å². The number of rotatable bonds is 5. The van der Waals surface area contributed by atoms with Gasteiger partial charge in [-0.1, -0.05) is 32.1 Å². The SMILES string of the molecule is C=C1CC[C@H]2[C@@H]3CCc4cc(OSOON)c(CC)cc4[C@H]3CC[C@]12C. The molecule has 0 amide bonds. The summed E-state index contributed by atoms with van der Waals surface area (Å²) in [7, 11) is 0. The second-order valence-corrected chi connectivity index (χ2v) is 8.78. The van der Waals surface area contributed by atoms with E-state index in [1.807, 2.05) is 0 Å². The van der Waals surface area contributed by atoms with Crippen LogP contribution in [0, 0.1) is 17.3 Å². The first-order valence-electron chi connectivity index (χ1n) is 9.79. The number of benzene rings is 1. The summed E-state index contributed by atoms with van der Waals surface area (Å²) in [6.45, 7) is 9.06. The van der Waals surface area contributed by atoms with Gasteiger partial charge in [-0.25, -0.2) is 0 Å². The van der Waals surface area contributed by atoms with Gasteiger partial charge in [-0.15, -0.1) is 9.32 Å². The number of allylic oxidation sites excluding steroid dienone is 1. The molecule has 0 bridgehead atoms. The van der Waals surface area contributed by atoms with E-state index in [0.717, 1.165) is 42.8 Å². The van der Waals surface area contributed by atoms with Crippen LogP contribution in [-0.4, -0.2) is 0 Å².